The highest BCUT2D eigenvalue weighted by Crippen LogP contribution is 2.40. The lowest BCUT2D eigenvalue weighted by atomic mass is 10.0. The van der Waals surface area contributed by atoms with E-state index in [0.717, 1.165) is 33.6 Å². The smallest absolute Gasteiger partial charge is 0.416 e. The fraction of sp³-hybridized carbons (Fsp3) is 0.222. The van der Waals surface area contributed by atoms with Crippen molar-refractivity contribution in [3.05, 3.63) is 88.4 Å². The van der Waals surface area contributed by atoms with Crippen molar-refractivity contribution in [1.29, 1.82) is 0 Å². The highest BCUT2D eigenvalue weighted by atomic mass is 35.5. The number of sulfonamides is 1. The van der Waals surface area contributed by atoms with Crippen molar-refractivity contribution < 1.29 is 36.2 Å². The molecule has 3 aromatic carbocycles. The molecule has 1 unspecified atom stereocenters. The van der Waals surface area contributed by atoms with Crippen LogP contribution >= 0.6 is 11.6 Å². The number of nitrogens with zero attached hydrogens (tertiary/aromatic N) is 1. The van der Waals surface area contributed by atoms with E-state index in [1.54, 1.807) is 36.4 Å². The van der Waals surface area contributed by atoms with Gasteiger partial charge in [0, 0.05) is 11.4 Å². The molecule has 0 fully saturated rings. The Morgan fingerprint density at radius 1 is 1.13 bits per heavy atom. The van der Waals surface area contributed by atoms with E-state index in [9.17, 15) is 26.4 Å². The molecule has 1 N–H and O–H groups in total. The van der Waals surface area contributed by atoms with Gasteiger partial charge in [0.15, 0.2) is 0 Å². The fourth-order valence-corrected chi connectivity index (χ4v) is 5.98. The first kappa shape index (κ1) is 27.5. The van der Waals surface area contributed by atoms with Crippen LogP contribution in [-0.2, 0) is 21.0 Å². The second-order valence-electron chi connectivity index (χ2n) is 8.77. The monoisotopic (exact) mass is 565 g/mol. The molecule has 0 aromatic heterocycles. The van der Waals surface area contributed by atoms with Crippen LogP contribution in [0.5, 0.6) is 5.75 Å². The maximum Gasteiger partial charge on any atom is 0.416 e. The van der Waals surface area contributed by atoms with E-state index in [2.05, 4.69) is 0 Å². The Kier molecular flexibility index (Phi) is 7.75. The number of benzene rings is 3. The largest absolute Gasteiger partial charge is 0.486 e. The summed E-state index contributed by atoms with van der Waals surface area (Å²) in [5, 5.41) is 9.61. The number of aliphatic carboxylic acids is 1. The van der Waals surface area contributed by atoms with Crippen molar-refractivity contribution in [2.75, 3.05) is 10.8 Å². The van der Waals surface area contributed by atoms with Crippen molar-refractivity contribution in [3.63, 3.8) is 0 Å². The predicted octanol–water partition coefficient (Wildman–Crippen LogP) is 6.74. The molecular weight excluding hydrogens is 543 g/mol. The molecule has 38 heavy (non-hydrogen) atoms. The van der Waals surface area contributed by atoms with Crippen LogP contribution in [0.4, 0.5) is 18.9 Å². The van der Waals surface area contributed by atoms with Crippen LogP contribution in [0.2, 0.25) is 5.02 Å². The molecule has 0 radical (unpaired) electrons. The standard InChI is InChI=1S/C27H23ClF3NO5S/c1-17(22-7-2-3-8-23(22)28)13-18-9-11-25-24(14-18)32(16-20(37-25)10-12-26(33)34)38(35,36)21-6-4-5-19(15-21)27(29,30)31/h2-9,11,13-15,20H,10,12,16H2,1H3,(H,33,34). The van der Waals surface area contributed by atoms with Gasteiger partial charge in [-0.25, -0.2) is 8.42 Å². The molecule has 1 atom stereocenters. The minimum Gasteiger partial charge on any atom is -0.486 e. The van der Waals surface area contributed by atoms with E-state index in [-0.39, 0.29) is 30.8 Å². The minimum absolute atomic E-state index is 0.0106. The fourth-order valence-electron chi connectivity index (χ4n) is 4.15. The Morgan fingerprint density at radius 2 is 1.87 bits per heavy atom. The van der Waals surface area contributed by atoms with Gasteiger partial charge in [-0.05, 0) is 66.4 Å². The summed E-state index contributed by atoms with van der Waals surface area (Å²) in [6, 6.07) is 15.5. The highest BCUT2D eigenvalue weighted by Gasteiger charge is 2.37. The van der Waals surface area contributed by atoms with Gasteiger partial charge in [0.05, 0.1) is 22.7 Å². The average Bonchev–Trinajstić information content (AvgIpc) is 2.86. The van der Waals surface area contributed by atoms with Crippen molar-refractivity contribution in [2.24, 2.45) is 0 Å². The van der Waals surface area contributed by atoms with Crippen LogP contribution < -0.4 is 9.04 Å². The summed E-state index contributed by atoms with van der Waals surface area (Å²) in [5.74, 6) is -0.906. The summed E-state index contributed by atoms with van der Waals surface area (Å²) >= 11 is 6.29. The topological polar surface area (TPSA) is 83.9 Å². The zero-order valence-electron chi connectivity index (χ0n) is 20.1. The zero-order chi connectivity index (χ0) is 27.7. The Balaban J connectivity index is 1.79. The quantitative estimate of drug-likeness (QED) is 0.321. The molecule has 0 aliphatic carbocycles. The third kappa shape index (κ3) is 5.97. The van der Waals surface area contributed by atoms with Gasteiger partial charge in [0.1, 0.15) is 11.9 Å². The van der Waals surface area contributed by atoms with E-state index < -0.39 is 38.7 Å². The maximum atomic E-state index is 13.7. The number of halogens is 4. The van der Waals surface area contributed by atoms with Crippen LogP contribution in [-0.4, -0.2) is 32.1 Å². The molecular formula is C27H23ClF3NO5S. The van der Waals surface area contributed by atoms with Crippen LogP contribution in [0.1, 0.15) is 36.5 Å². The third-order valence-electron chi connectivity index (χ3n) is 6.03. The number of ether oxygens (including phenoxy) is 1. The summed E-state index contributed by atoms with van der Waals surface area (Å²) in [5.41, 5.74) is 1.23. The van der Waals surface area contributed by atoms with Gasteiger partial charge in [-0.1, -0.05) is 48.0 Å². The van der Waals surface area contributed by atoms with Gasteiger partial charge >= 0.3 is 12.1 Å². The number of carboxylic acids is 1. The summed E-state index contributed by atoms with van der Waals surface area (Å²) < 4.78 is 74.2. The summed E-state index contributed by atoms with van der Waals surface area (Å²) in [6.45, 7) is 1.58. The molecule has 4 rings (SSSR count). The van der Waals surface area contributed by atoms with Crippen LogP contribution in [0.3, 0.4) is 0 Å². The molecule has 0 saturated heterocycles. The number of carboxylic acid groups (broad SMARTS) is 1. The number of alkyl halides is 3. The number of rotatable bonds is 7. The van der Waals surface area contributed by atoms with E-state index in [0.29, 0.717) is 16.7 Å². The van der Waals surface area contributed by atoms with Gasteiger partial charge in [-0.2, -0.15) is 13.2 Å². The first-order valence-corrected chi connectivity index (χ1v) is 13.3. The molecule has 200 valence electrons. The first-order chi connectivity index (χ1) is 17.9. The van der Waals surface area contributed by atoms with Crippen LogP contribution in [0.15, 0.2) is 71.6 Å². The van der Waals surface area contributed by atoms with Crippen LogP contribution in [0, 0.1) is 0 Å². The van der Waals surface area contributed by atoms with Gasteiger partial charge in [0.2, 0.25) is 0 Å². The first-order valence-electron chi connectivity index (χ1n) is 11.5. The van der Waals surface area contributed by atoms with Gasteiger partial charge < -0.3 is 9.84 Å². The summed E-state index contributed by atoms with van der Waals surface area (Å²) in [7, 11) is -4.47. The summed E-state index contributed by atoms with van der Waals surface area (Å²) in [4.78, 5) is 10.6. The number of allylic oxidation sites excluding steroid dienone is 1. The van der Waals surface area contributed by atoms with Crippen molar-refractivity contribution >= 4 is 44.9 Å². The zero-order valence-corrected chi connectivity index (χ0v) is 21.6. The molecule has 0 amide bonds. The third-order valence-corrected chi connectivity index (χ3v) is 8.13. The normalized spacial score (nSPS) is 16.1. The van der Waals surface area contributed by atoms with Gasteiger partial charge in [0.25, 0.3) is 10.0 Å². The predicted molar refractivity (Wildman–Crippen MR) is 139 cm³/mol. The lowest BCUT2D eigenvalue weighted by molar-refractivity contribution is -0.138. The average molecular weight is 566 g/mol. The SMILES string of the molecule is CC(=Cc1ccc2c(c1)N(S(=O)(=O)c1cccc(C(F)(F)F)c1)CC(CCC(=O)O)O2)c1ccccc1Cl. The van der Waals surface area contributed by atoms with Gasteiger partial charge in [-0.15, -0.1) is 0 Å². The number of hydrogen-bond donors (Lipinski definition) is 1. The molecule has 0 spiro atoms. The van der Waals surface area contributed by atoms with E-state index in [4.69, 9.17) is 21.4 Å². The van der Waals surface area contributed by atoms with Crippen molar-refractivity contribution in [2.45, 2.75) is 36.9 Å². The summed E-state index contributed by atoms with van der Waals surface area (Å²) in [6.07, 6.45) is -4.00. The van der Waals surface area contributed by atoms with Crippen molar-refractivity contribution in [1.82, 2.24) is 0 Å². The Hall–Kier alpha value is -3.50. The molecule has 1 heterocycles. The second-order valence-corrected chi connectivity index (χ2v) is 11.0. The Morgan fingerprint density at radius 3 is 2.55 bits per heavy atom. The second kappa shape index (κ2) is 10.7. The van der Waals surface area contributed by atoms with Gasteiger partial charge in [-0.3, -0.25) is 9.10 Å². The Labute approximate surface area is 223 Å². The highest BCUT2D eigenvalue weighted by molar-refractivity contribution is 7.92. The lowest BCUT2D eigenvalue weighted by Gasteiger charge is -2.35. The number of hydrogen-bond acceptors (Lipinski definition) is 4. The molecule has 3 aromatic rings. The molecule has 0 bridgehead atoms. The molecule has 6 nitrogen and oxygen atoms in total. The lowest BCUT2D eigenvalue weighted by Crippen LogP contribution is -2.43. The Bertz CT molecular complexity index is 1500. The van der Waals surface area contributed by atoms with Crippen molar-refractivity contribution in [3.8, 4) is 5.75 Å². The van der Waals surface area contributed by atoms with E-state index in [1.165, 1.54) is 0 Å². The minimum atomic E-state index is -4.73. The molecule has 1 aliphatic heterocycles. The van der Waals surface area contributed by atoms with Crippen LogP contribution in [0.25, 0.3) is 11.6 Å². The molecule has 1 aliphatic rings. The van der Waals surface area contributed by atoms with E-state index >= 15 is 0 Å². The number of anilines is 1. The number of carbonyl (C=O) groups is 1. The van der Waals surface area contributed by atoms with E-state index in [1.807, 2.05) is 19.1 Å². The maximum absolute atomic E-state index is 13.7. The molecule has 0 saturated carbocycles. The molecule has 11 heteroatoms. The number of fused-ring (bicyclic) bond motifs is 1.